The Morgan fingerprint density at radius 1 is 1.42 bits per heavy atom. The van der Waals surface area contributed by atoms with Crippen LogP contribution in [0.4, 0.5) is 4.39 Å². The normalized spacial score (nSPS) is 34.9. The first-order chi connectivity index (χ1) is 8.99. The van der Waals surface area contributed by atoms with Crippen LogP contribution in [-0.2, 0) is 0 Å². The van der Waals surface area contributed by atoms with Crippen LogP contribution < -0.4 is 10.5 Å². The Morgan fingerprint density at radius 3 is 2.95 bits per heavy atom. The summed E-state index contributed by atoms with van der Waals surface area (Å²) in [5, 5.41) is 0. The summed E-state index contributed by atoms with van der Waals surface area (Å²) < 4.78 is 19.6. The summed E-state index contributed by atoms with van der Waals surface area (Å²) in [6, 6.07) is 5.09. The number of ether oxygens (including phenoxy) is 1. The van der Waals surface area contributed by atoms with Crippen LogP contribution in [0.5, 0.6) is 5.75 Å². The van der Waals surface area contributed by atoms with Gasteiger partial charge < -0.3 is 15.4 Å². The number of rotatable bonds is 0. The molecule has 1 aromatic carbocycles. The van der Waals surface area contributed by atoms with E-state index in [2.05, 4.69) is 18.9 Å². The molecule has 0 radical (unpaired) electrons. The molecular weight excluding hydrogens is 243 g/mol. The van der Waals surface area contributed by atoms with E-state index >= 15 is 0 Å². The lowest BCUT2D eigenvalue weighted by molar-refractivity contribution is -0.0359. The first-order valence-corrected chi connectivity index (χ1v) is 6.93. The van der Waals surface area contributed by atoms with Gasteiger partial charge in [0.2, 0.25) is 0 Å². The van der Waals surface area contributed by atoms with Crippen LogP contribution >= 0.6 is 0 Å². The van der Waals surface area contributed by atoms with Crippen LogP contribution in [0.1, 0.15) is 37.8 Å². The van der Waals surface area contributed by atoms with Crippen molar-refractivity contribution in [2.45, 2.75) is 43.9 Å². The summed E-state index contributed by atoms with van der Waals surface area (Å²) in [6.07, 6.45) is 2.73. The van der Waals surface area contributed by atoms with Crippen molar-refractivity contribution < 1.29 is 9.13 Å². The van der Waals surface area contributed by atoms with Crippen LogP contribution in [-0.4, -0.2) is 30.1 Å². The minimum absolute atomic E-state index is 0.0556. The van der Waals surface area contributed by atoms with E-state index in [1.807, 2.05) is 0 Å². The zero-order chi connectivity index (χ0) is 13.6. The van der Waals surface area contributed by atoms with Gasteiger partial charge in [0.25, 0.3) is 0 Å². The van der Waals surface area contributed by atoms with Gasteiger partial charge in [-0.2, -0.15) is 0 Å². The van der Waals surface area contributed by atoms with E-state index in [0.717, 1.165) is 31.4 Å². The Kier molecular flexibility index (Phi) is 3.02. The van der Waals surface area contributed by atoms with Crippen LogP contribution in [0.2, 0.25) is 0 Å². The van der Waals surface area contributed by atoms with Crippen LogP contribution in [0, 0.1) is 5.82 Å². The number of likely N-dealkylation sites (tertiary alicyclic amines) is 1. The third-order valence-electron chi connectivity index (χ3n) is 4.63. The molecule has 104 valence electrons. The average Bonchev–Trinajstić information content (AvgIpc) is 2.34. The maximum atomic E-state index is 13.4. The Labute approximate surface area is 113 Å². The van der Waals surface area contributed by atoms with Gasteiger partial charge in [-0.05, 0) is 26.5 Å². The molecule has 0 aromatic heterocycles. The predicted octanol–water partition coefficient (Wildman–Crippen LogP) is 2.46. The van der Waals surface area contributed by atoms with Gasteiger partial charge in [0, 0.05) is 43.1 Å². The van der Waals surface area contributed by atoms with E-state index < -0.39 is 0 Å². The fourth-order valence-corrected chi connectivity index (χ4v) is 3.36. The molecule has 1 spiro atoms. The maximum absolute atomic E-state index is 13.4. The minimum Gasteiger partial charge on any atom is -0.487 e. The molecule has 19 heavy (non-hydrogen) atoms. The first-order valence-electron chi connectivity index (χ1n) is 6.93. The third-order valence-corrected chi connectivity index (χ3v) is 4.63. The summed E-state index contributed by atoms with van der Waals surface area (Å²) in [7, 11) is 2.13. The molecule has 2 heterocycles. The Hall–Kier alpha value is -1.13. The molecule has 0 aliphatic carbocycles. The molecule has 2 aliphatic rings. The zero-order valence-electron chi connectivity index (χ0n) is 11.5. The fourth-order valence-electron chi connectivity index (χ4n) is 3.36. The molecule has 1 aromatic rings. The van der Waals surface area contributed by atoms with Crippen molar-refractivity contribution in [2.24, 2.45) is 5.73 Å². The molecular formula is C15H21FN2O. The molecule has 0 amide bonds. The molecule has 2 N–H and O–H groups in total. The monoisotopic (exact) mass is 264 g/mol. The van der Waals surface area contributed by atoms with Crippen molar-refractivity contribution in [3.05, 3.63) is 29.6 Å². The van der Waals surface area contributed by atoms with Gasteiger partial charge in [0.1, 0.15) is 17.2 Å². The predicted molar refractivity (Wildman–Crippen MR) is 72.6 cm³/mol. The lowest BCUT2D eigenvalue weighted by Gasteiger charge is -2.48. The van der Waals surface area contributed by atoms with E-state index in [1.54, 1.807) is 6.07 Å². The molecule has 3 unspecified atom stereocenters. The highest BCUT2D eigenvalue weighted by Gasteiger charge is 2.44. The summed E-state index contributed by atoms with van der Waals surface area (Å²) in [4.78, 5) is 2.33. The summed E-state index contributed by atoms with van der Waals surface area (Å²) in [6.45, 7) is 3.20. The second kappa shape index (κ2) is 4.46. The van der Waals surface area contributed by atoms with Crippen molar-refractivity contribution in [3.63, 3.8) is 0 Å². The Morgan fingerprint density at radius 2 is 2.21 bits per heavy atom. The second-order valence-electron chi connectivity index (χ2n) is 6.06. The van der Waals surface area contributed by atoms with Gasteiger partial charge in [-0.1, -0.05) is 6.07 Å². The van der Waals surface area contributed by atoms with Crippen molar-refractivity contribution in [2.75, 3.05) is 13.6 Å². The van der Waals surface area contributed by atoms with Gasteiger partial charge in [-0.25, -0.2) is 4.39 Å². The second-order valence-corrected chi connectivity index (χ2v) is 6.06. The fraction of sp³-hybridized carbons (Fsp3) is 0.600. The number of halogens is 1. The summed E-state index contributed by atoms with van der Waals surface area (Å²) >= 11 is 0. The lowest BCUT2D eigenvalue weighted by Crippen LogP contribution is -2.53. The molecule has 4 heteroatoms. The van der Waals surface area contributed by atoms with Gasteiger partial charge in [-0.3, -0.25) is 0 Å². The van der Waals surface area contributed by atoms with E-state index in [0.29, 0.717) is 11.8 Å². The molecule has 1 fully saturated rings. The topological polar surface area (TPSA) is 38.5 Å². The molecule has 3 rings (SSSR count). The van der Waals surface area contributed by atoms with Crippen LogP contribution in [0.15, 0.2) is 18.2 Å². The number of fused-ring (bicyclic) bond motifs is 1. The molecule has 3 nitrogen and oxygen atoms in total. The zero-order valence-corrected chi connectivity index (χ0v) is 11.5. The highest BCUT2D eigenvalue weighted by Crippen LogP contribution is 2.44. The van der Waals surface area contributed by atoms with Gasteiger partial charge in [0.15, 0.2) is 0 Å². The van der Waals surface area contributed by atoms with E-state index in [4.69, 9.17) is 10.5 Å². The Balaban J connectivity index is 1.91. The quantitative estimate of drug-likeness (QED) is 0.782. The van der Waals surface area contributed by atoms with Gasteiger partial charge in [-0.15, -0.1) is 0 Å². The maximum Gasteiger partial charge on any atom is 0.127 e. The molecule has 1 saturated heterocycles. The average molecular weight is 264 g/mol. The number of nitrogens with zero attached hydrogens (tertiary/aromatic N) is 1. The SMILES string of the molecule is CC1CC2(CCN1C)CC(N)c1ccc(F)cc1O2. The largest absolute Gasteiger partial charge is 0.487 e. The first kappa shape index (κ1) is 12.9. The summed E-state index contributed by atoms with van der Waals surface area (Å²) in [5.41, 5.74) is 6.98. The van der Waals surface area contributed by atoms with E-state index in [9.17, 15) is 4.39 Å². The number of piperidine rings is 1. The molecule has 0 saturated carbocycles. The van der Waals surface area contributed by atoms with Gasteiger partial charge >= 0.3 is 0 Å². The van der Waals surface area contributed by atoms with Crippen molar-refractivity contribution in [3.8, 4) is 5.75 Å². The smallest absolute Gasteiger partial charge is 0.127 e. The van der Waals surface area contributed by atoms with Crippen molar-refractivity contribution >= 4 is 0 Å². The van der Waals surface area contributed by atoms with E-state index in [1.165, 1.54) is 12.1 Å². The number of hydrogen-bond donors (Lipinski definition) is 1. The van der Waals surface area contributed by atoms with Crippen molar-refractivity contribution in [1.82, 2.24) is 4.90 Å². The number of hydrogen-bond acceptors (Lipinski definition) is 3. The molecule has 3 atom stereocenters. The van der Waals surface area contributed by atoms with E-state index in [-0.39, 0.29) is 17.5 Å². The third kappa shape index (κ3) is 2.23. The molecule has 2 aliphatic heterocycles. The van der Waals surface area contributed by atoms with Gasteiger partial charge in [0.05, 0.1) is 0 Å². The standard InChI is InChI=1S/C15H21FN2O/c1-10-8-15(5-6-18(10)2)9-13(17)12-4-3-11(16)7-14(12)19-15/h3-4,7,10,13H,5-6,8-9,17H2,1-2H3. The summed E-state index contributed by atoms with van der Waals surface area (Å²) in [5.74, 6) is 0.375. The minimum atomic E-state index is -0.260. The van der Waals surface area contributed by atoms with Crippen molar-refractivity contribution in [1.29, 1.82) is 0 Å². The van der Waals surface area contributed by atoms with Crippen LogP contribution in [0.3, 0.4) is 0 Å². The Bertz CT molecular complexity index is 493. The lowest BCUT2D eigenvalue weighted by atomic mass is 9.78. The molecule has 0 bridgehead atoms. The highest BCUT2D eigenvalue weighted by atomic mass is 19.1. The number of nitrogens with two attached hydrogens (primary N) is 1. The number of benzene rings is 1. The van der Waals surface area contributed by atoms with Crippen LogP contribution in [0.25, 0.3) is 0 Å². The highest BCUT2D eigenvalue weighted by molar-refractivity contribution is 5.39.